The third-order valence-corrected chi connectivity index (χ3v) is 3.99. The predicted molar refractivity (Wildman–Crippen MR) is 82.4 cm³/mol. The van der Waals surface area contributed by atoms with E-state index in [-0.39, 0.29) is 12.4 Å². The van der Waals surface area contributed by atoms with E-state index in [9.17, 15) is 4.39 Å². The molecule has 2 aromatic rings. The Morgan fingerprint density at radius 3 is 2.86 bits per heavy atom. The highest BCUT2D eigenvalue weighted by molar-refractivity contribution is 7.09. The molecule has 0 saturated carbocycles. The summed E-state index contributed by atoms with van der Waals surface area (Å²) >= 11 is 1.64. The number of aryl methyl sites for hydroxylation is 1. The topological polar surface area (TPSA) is 36.4 Å². The van der Waals surface area contributed by atoms with Gasteiger partial charge in [0, 0.05) is 23.5 Å². The largest absolute Gasteiger partial charge is 0.384 e. The first-order valence-electron chi connectivity index (χ1n) is 6.56. The third kappa shape index (κ3) is 4.36. The van der Waals surface area contributed by atoms with E-state index in [0.717, 1.165) is 17.8 Å². The maximum Gasteiger partial charge on any atom is 0.124 e. The van der Waals surface area contributed by atoms with Crippen molar-refractivity contribution in [3.63, 3.8) is 0 Å². The van der Waals surface area contributed by atoms with Gasteiger partial charge in [0.2, 0.25) is 0 Å². The Morgan fingerprint density at radius 1 is 1.38 bits per heavy atom. The molecule has 2 rings (SSSR count). The Bertz CT molecular complexity index is 672. The molecule has 0 radical (unpaired) electrons. The van der Waals surface area contributed by atoms with Crippen LogP contribution in [0.15, 0.2) is 23.7 Å². The second-order valence-corrected chi connectivity index (χ2v) is 5.73. The van der Waals surface area contributed by atoms with Crippen molar-refractivity contribution in [2.24, 2.45) is 0 Å². The molecule has 3 nitrogen and oxygen atoms in total. The molecule has 1 aromatic heterocycles. The molecular weight excluding hydrogens is 287 g/mol. The first-order chi connectivity index (χ1) is 10.1. The predicted octanol–water partition coefficient (Wildman–Crippen LogP) is 2.57. The van der Waals surface area contributed by atoms with Crippen molar-refractivity contribution < 1.29 is 9.50 Å². The smallest absolute Gasteiger partial charge is 0.124 e. The molecule has 0 atom stereocenters. The highest BCUT2D eigenvalue weighted by Crippen LogP contribution is 2.17. The molecule has 0 fully saturated rings. The highest BCUT2D eigenvalue weighted by atomic mass is 32.1. The van der Waals surface area contributed by atoms with Crippen LogP contribution in [0.1, 0.15) is 21.7 Å². The van der Waals surface area contributed by atoms with Gasteiger partial charge in [0.05, 0.1) is 11.2 Å². The molecule has 0 bridgehead atoms. The minimum Gasteiger partial charge on any atom is -0.384 e. The Kier molecular flexibility index (Phi) is 5.45. The van der Waals surface area contributed by atoms with E-state index in [1.54, 1.807) is 17.4 Å². The second kappa shape index (κ2) is 7.32. The zero-order valence-electron chi connectivity index (χ0n) is 12.1. The molecular formula is C16H17FN2OS. The summed E-state index contributed by atoms with van der Waals surface area (Å²) in [5.41, 5.74) is 4.46. The van der Waals surface area contributed by atoms with Crippen LogP contribution in [0.2, 0.25) is 0 Å². The lowest BCUT2D eigenvalue weighted by Gasteiger charge is -2.17. The van der Waals surface area contributed by atoms with Crippen molar-refractivity contribution in [2.75, 3.05) is 13.7 Å². The quantitative estimate of drug-likeness (QED) is 0.882. The van der Waals surface area contributed by atoms with Gasteiger partial charge >= 0.3 is 0 Å². The SMILES string of the molecule is Cc1ncsc1CN(C)Cc1ccc(F)cc1C#CCO. The standard InChI is InChI=1S/C16H17FN2OS/c1-12-16(21-11-18-12)10-19(2)9-14-5-6-15(17)8-13(14)4-3-7-20/h5-6,8,11,20H,7,9-10H2,1-2H3. The molecule has 0 aliphatic carbocycles. The van der Waals surface area contributed by atoms with E-state index in [1.807, 2.05) is 19.5 Å². The minimum absolute atomic E-state index is 0.230. The van der Waals surface area contributed by atoms with Gasteiger partial charge in [-0.1, -0.05) is 17.9 Å². The van der Waals surface area contributed by atoms with Gasteiger partial charge in [-0.15, -0.1) is 11.3 Å². The van der Waals surface area contributed by atoms with Crippen molar-refractivity contribution in [3.05, 3.63) is 51.2 Å². The number of halogens is 1. The maximum absolute atomic E-state index is 13.3. The van der Waals surface area contributed by atoms with Crippen LogP contribution in [0, 0.1) is 24.6 Å². The van der Waals surface area contributed by atoms with Gasteiger partial charge in [-0.05, 0) is 31.7 Å². The number of aliphatic hydroxyl groups is 1. The van der Waals surface area contributed by atoms with Crippen LogP contribution in [0.3, 0.4) is 0 Å². The summed E-state index contributed by atoms with van der Waals surface area (Å²) in [4.78, 5) is 7.60. The van der Waals surface area contributed by atoms with Crippen LogP contribution in [-0.2, 0) is 13.1 Å². The molecule has 0 aliphatic rings. The first kappa shape index (κ1) is 15.6. The summed E-state index contributed by atoms with van der Waals surface area (Å²) in [6.07, 6.45) is 0. The van der Waals surface area contributed by atoms with E-state index in [4.69, 9.17) is 5.11 Å². The van der Waals surface area contributed by atoms with E-state index < -0.39 is 0 Å². The fraction of sp³-hybridized carbons (Fsp3) is 0.312. The van der Waals surface area contributed by atoms with E-state index in [0.29, 0.717) is 12.1 Å². The Labute approximate surface area is 128 Å². The van der Waals surface area contributed by atoms with Gasteiger partial charge in [0.25, 0.3) is 0 Å². The average molecular weight is 304 g/mol. The zero-order chi connectivity index (χ0) is 15.2. The molecule has 5 heteroatoms. The molecule has 21 heavy (non-hydrogen) atoms. The summed E-state index contributed by atoms with van der Waals surface area (Å²) in [6, 6.07) is 4.59. The van der Waals surface area contributed by atoms with Crippen LogP contribution < -0.4 is 0 Å². The monoisotopic (exact) mass is 304 g/mol. The summed E-state index contributed by atoms with van der Waals surface area (Å²) < 4.78 is 13.3. The lowest BCUT2D eigenvalue weighted by molar-refractivity contribution is 0.320. The van der Waals surface area contributed by atoms with Gasteiger partial charge in [0.15, 0.2) is 0 Å². The van der Waals surface area contributed by atoms with E-state index >= 15 is 0 Å². The van der Waals surface area contributed by atoms with Crippen molar-refractivity contribution in [2.45, 2.75) is 20.0 Å². The summed E-state index contributed by atoms with van der Waals surface area (Å²) in [6.45, 7) is 3.22. The molecule has 0 saturated heterocycles. The zero-order valence-corrected chi connectivity index (χ0v) is 12.9. The van der Waals surface area contributed by atoms with Gasteiger partial charge in [-0.3, -0.25) is 4.90 Å². The number of aliphatic hydroxyl groups excluding tert-OH is 1. The summed E-state index contributed by atoms with van der Waals surface area (Å²) in [5, 5.41) is 8.79. The number of hydrogen-bond donors (Lipinski definition) is 1. The van der Waals surface area contributed by atoms with Crippen molar-refractivity contribution in [1.82, 2.24) is 9.88 Å². The Balaban J connectivity index is 2.13. The molecule has 1 heterocycles. The number of aromatic nitrogens is 1. The van der Waals surface area contributed by atoms with Gasteiger partial charge in [-0.25, -0.2) is 9.37 Å². The van der Waals surface area contributed by atoms with Gasteiger partial charge in [0.1, 0.15) is 12.4 Å². The average Bonchev–Trinajstić information content (AvgIpc) is 2.84. The number of hydrogen-bond acceptors (Lipinski definition) is 4. The second-order valence-electron chi connectivity index (χ2n) is 4.79. The van der Waals surface area contributed by atoms with E-state index in [2.05, 4.69) is 21.7 Å². The number of nitrogens with zero attached hydrogens (tertiary/aromatic N) is 2. The number of thiazole rings is 1. The van der Waals surface area contributed by atoms with Gasteiger partial charge in [-0.2, -0.15) is 0 Å². The fourth-order valence-electron chi connectivity index (χ4n) is 2.01. The molecule has 0 unspecified atom stereocenters. The normalized spacial score (nSPS) is 10.5. The van der Waals surface area contributed by atoms with Crippen LogP contribution in [-0.4, -0.2) is 28.6 Å². The molecule has 0 amide bonds. The molecule has 1 N–H and O–H groups in total. The van der Waals surface area contributed by atoms with Crippen LogP contribution in [0.25, 0.3) is 0 Å². The Morgan fingerprint density at radius 2 is 2.19 bits per heavy atom. The van der Waals surface area contributed by atoms with Crippen molar-refractivity contribution in [1.29, 1.82) is 0 Å². The van der Waals surface area contributed by atoms with Crippen LogP contribution in [0.5, 0.6) is 0 Å². The van der Waals surface area contributed by atoms with Crippen molar-refractivity contribution in [3.8, 4) is 11.8 Å². The van der Waals surface area contributed by atoms with Crippen molar-refractivity contribution >= 4 is 11.3 Å². The van der Waals surface area contributed by atoms with Gasteiger partial charge < -0.3 is 5.11 Å². The van der Waals surface area contributed by atoms with E-state index in [1.165, 1.54) is 17.0 Å². The molecule has 0 aliphatic heterocycles. The summed E-state index contributed by atoms with van der Waals surface area (Å²) in [7, 11) is 2.01. The first-order valence-corrected chi connectivity index (χ1v) is 7.43. The lowest BCUT2D eigenvalue weighted by atomic mass is 10.1. The Hall–Kier alpha value is -1.74. The van der Waals surface area contributed by atoms with Crippen LogP contribution in [0.4, 0.5) is 4.39 Å². The third-order valence-electron chi connectivity index (χ3n) is 3.07. The molecule has 1 aromatic carbocycles. The lowest BCUT2D eigenvalue weighted by Crippen LogP contribution is -2.18. The molecule has 0 spiro atoms. The fourth-order valence-corrected chi connectivity index (χ4v) is 2.86. The summed E-state index contributed by atoms with van der Waals surface area (Å²) in [5.74, 6) is 5.06. The number of rotatable bonds is 4. The maximum atomic E-state index is 13.3. The number of benzene rings is 1. The van der Waals surface area contributed by atoms with Crippen LogP contribution >= 0.6 is 11.3 Å². The highest BCUT2D eigenvalue weighted by Gasteiger charge is 2.09. The molecule has 110 valence electrons. The minimum atomic E-state index is -0.318.